The number of hydrogen-bond donors (Lipinski definition) is 0. The number of carbonyl (C=O) groups excluding carboxylic acids is 4. The maximum Gasteiger partial charge on any atom is 0.415 e. The van der Waals surface area contributed by atoms with Gasteiger partial charge in [-0.25, -0.2) is 28.3 Å². The number of aromatic nitrogens is 3. The molecule has 1 aromatic heterocycles. The van der Waals surface area contributed by atoms with Crippen molar-refractivity contribution in [3.63, 3.8) is 0 Å². The summed E-state index contributed by atoms with van der Waals surface area (Å²) in [7, 11) is 0. The third kappa shape index (κ3) is 6.42. The summed E-state index contributed by atoms with van der Waals surface area (Å²) in [5.41, 5.74) is 0.474. The molecule has 270 valence electrons. The lowest BCUT2D eigenvalue weighted by molar-refractivity contribution is -0.144. The normalized spacial score (nSPS) is 19.8. The van der Waals surface area contributed by atoms with Crippen LogP contribution in [0.2, 0.25) is 0 Å². The zero-order valence-electron chi connectivity index (χ0n) is 29.0. The fourth-order valence-corrected chi connectivity index (χ4v) is 7.60. The highest BCUT2D eigenvalue weighted by Gasteiger charge is 2.44. The molecule has 2 amide bonds. The number of amides is 2. The third-order valence-corrected chi connectivity index (χ3v) is 10.3. The Morgan fingerprint density at radius 2 is 1.51 bits per heavy atom. The predicted octanol–water partition coefficient (Wildman–Crippen LogP) is 2.82. The van der Waals surface area contributed by atoms with Gasteiger partial charge in [0.05, 0.1) is 12.2 Å². The summed E-state index contributed by atoms with van der Waals surface area (Å²) in [6.07, 6.45) is 3.01. The summed E-state index contributed by atoms with van der Waals surface area (Å²) in [4.78, 5) is 81.7. The van der Waals surface area contributed by atoms with E-state index in [0.717, 1.165) is 23.0 Å². The summed E-state index contributed by atoms with van der Waals surface area (Å²) in [6.45, 7) is 10.2. The van der Waals surface area contributed by atoms with Crippen molar-refractivity contribution >= 4 is 36.0 Å². The molecule has 5 heterocycles. The van der Waals surface area contributed by atoms with E-state index in [2.05, 4.69) is 4.90 Å². The van der Waals surface area contributed by atoms with Crippen molar-refractivity contribution in [2.45, 2.75) is 64.8 Å². The second-order valence-electron chi connectivity index (χ2n) is 13.8. The van der Waals surface area contributed by atoms with E-state index in [4.69, 9.17) is 9.47 Å². The fraction of sp³-hybridized carbons (Fsp3) is 0.444. The number of carbonyl (C=O) groups is 4. The van der Waals surface area contributed by atoms with Crippen molar-refractivity contribution < 1.29 is 28.7 Å². The Balaban J connectivity index is 0.00000448. The van der Waals surface area contributed by atoms with Gasteiger partial charge in [0.1, 0.15) is 23.1 Å². The molecule has 0 bridgehead atoms. The smallest absolute Gasteiger partial charge is 0.415 e. The number of ketones is 2. The number of benzene rings is 2. The summed E-state index contributed by atoms with van der Waals surface area (Å²) in [5.74, 6) is -0.245. The lowest BCUT2D eigenvalue weighted by atomic mass is 9.83. The number of halogens is 1. The van der Waals surface area contributed by atoms with Gasteiger partial charge in [0, 0.05) is 69.4 Å². The van der Waals surface area contributed by atoms with E-state index in [1.54, 1.807) is 52.3 Å². The molecule has 1 unspecified atom stereocenters. The van der Waals surface area contributed by atoms with Crippen molar-refractivity contribution in [3.05, 3.63) is 86.2 Å². The first-order chi connectivity index (χ1) is 23.8. The molecule has 14 nitrogen and oxygen atoms in total. The van der Waals surface area contributed by atoms with E-state index in [9.17, 15) is 28.8 Å². The monoisotopic (exact) mass is 720 g/mol. The minimum atomic E-state index is -0.835. The van der Waals surface area contributed by atoms with Crippen LogP contribution in [-0.4, -0.2) is 103 Å². The zero-order chi connectivity index (χ0) is 35.5. The minimum absolute atomic E-state index is 0. The van der Waals surface area contributed by atoms with Gasteiger partial charge in [-0.05, 0) is 75.6 Å². The van der Waals surface area contributed by atoms with Crippen LogP contribution in [0.4, 0.5) is 4.79 Å². The number of hydrogen-bond acceptors (Lipinski definition) is 9. The highest BCUT2D eigenvalue weighted by atomic mass is 35.5. The SMILES string of the molecule is CC(=O)C(=O)N1CCC(N2CCN(C(=O)Oc3ccc4c(c3)OC(C)(C)C3=CCn5c(=O)n(-c6ccc(C(C)=O)cc6)c(=O)n5C34)CC2)CC1.Cl. The van der Waals surface area contributed by atoms with Crippen molar-refractivity contribution in [1.82, 2.24) is 28.6 Å². The molecule has 0 N–H and O–H groups in total. The van der Waals surface area contributed by atoms with E-state index < -0.39 is 40.8 Å². The first-order valence-corrected chi connectivity index (χ1v) is 16.9. The van der Waals surface area contributed by atoms with Crippen molar-refractivity contribution in [2.24, 2.45) is 0 Å². The Morgan fingerprint density at radius 1 is 0.843 bits per heavy atom. The average molecular weight is 721 g/mol. The van der Waals surface area contributed by atoms with Crippen LogP contribution < -0.4 is 20.9 Å². The van der Waals surface area contributed by atoms with Crippen molar-refractivity contribution in [2.75, 3.05) is 39.3 Å². The van der Waals surface area contributed by atoms with E-state index in [0.29, 0.717) is 67.6 Å². The van der Waals surface area contributed by atoms with Gasteiger partial charge >= 0.3 is 17.5 Å². The molecule has 4 aliphatic heterocycles. The van der Waals surface area contributed by atoms with Crippen LogP contribution in [-0.2, 0) is 16.1 Å². The first kappa shape index (κ1) is 35.9. The summed E-state index contributed by atoms with van der Waals surface area (Å²) in [6, 6.07) is 11.1. The number of fused-ring (bicyclic) bond motifs is 5. The zero-order valence-corrected chi connectivity index (χ0v) is 29.8. The van der Waals surface area contributed by atoms with E-state index in [-0.39, 0.29) is 30.8 Å². The van der Waals surface area contributed by atoms with Gasteiger partial charge in [-0.15, -0.1) is 12.4 Å². The number of allylic oxidation sites excluding steroid dienone is 1. The topological polar surface area (TPSA) is 145 Å². The molecule has 15 heteroatoms. The van der Waals surface area contributed by atoms with Crippen molar-refractivity contribution in [1.29, 1.82) is 0 Å². The standard InChI is InChI=1S/C36H40N6O8.ClH/c1-22(43)24-5-7-26(8-6-24)41-33(46)40-16-13-29-31(42(40)34(41)47)28-10-9-27(21-30(28)50-36(29,3)4)49-35(48)39-19-17-37(18-20-39)25-11-14-38(15-12-25)32(45)23(2)44;/h5-10,13,21,25,31H,11-12,14-20H2,1-4H3;1H. The molecule has 3 aromatic rings. The number of rotatable bonds is 5. The van der Waals surface area contributed by atoms with E-state index in [1.165, 1.54) is 23.2 Å². The molecule has 7 rings (SSSR count). The Kier molecular flexibility index (Phi) is 9.59. The van der Waals surface area contributed by atoms with E-state index >= 15 is 0 Å². The van der Waals surface area contributed by atoms with Gasteiger partial charge in [-0.2, -0.15) is 0 Å². The molecule has 2 fully saturated rings. The number of Topliss-reactive ketones (excluding diaryl/α,β-unsaturated/α-hetero) is 2. The van der Waals surface area contributed by atoms with Gasteiger partial charge in [0.25, 0.3) is 5.91 Å². The number of piperazine rings is 1. The van der Waals surface area contributed by atoms with Crippen LogP contribution in [0.1, 0.15) is 62.5 Å². The van der Waals surface area contributed by atoms with Crippen LogP contribution in [0.5, 0.6) is 11.5 Å². The second kappa shape index (κ2) is 13.6. The summed E-state index contributed by atoms with van der Waals surface area (Å²) >= 11 is 0. The van der Waals surface area contributed by atoms with Crippen LogP contribution in [0.15, 0.2) is 63.7 Å². The van der Waals surface area contributed by atoms with Crippen LogP contribution in [0.3, 0.4) is 0 Å². The Labute approximate surface area is 300 Å². The highest BCUT2D eigenvalue weighted by Crippen LogP contribution is 2.47. The fourth-order valence-electron chi connectivity index (χ4n) is 7.60. The maximum atomic E-state index is 14.0. The molecule has 0 aliphatic carbocycles. The maximum absolute atomic E-state index is 14.0. The quantitative estimate of drug-likeness (QED) is 0.221. The predicted molar refractivity (Wildman–Crippen MR) is 188 cm³/mol. The molecule has 4 aliphatic rings. The van der Waals surface area contributed by atoms with Crippen LogP contribution in [0.25, 0.3) is 5.69 Å². The van der Waals surface area contributed by atoms with Gasteiger partial charge in [-0.1, -0.05) is 6.08 Å². The largest absolute Gasteiger partial charge is 0.483 e. The first-order valence-electron chi connectivity index (χ1n) is 16.9. The van der Waals surface area contributed by atoms with Gasteiger partial charge in [0.2, 0.25) is 5.78 Å². The molecule has 1 atom stereocenters. The van der Waals surface area contributed by atoms with Crippen LogP contribution in [0, 0.1) is 0 Å². The van der Waals surface area contributed by atoms with Gasteiger partial charge < -0.3 is 19.3 Å². The minimum Gasteiger partial charge on any atom is -0.483 e. The Morgan fingerprint density at radius 3 is 2.14 bits per heavy atom. The van der Waals surface area contributed by atoms with Gasteiger partial charge in [-0.3, -0.25) is 19.3 Å². The number of piperidine rings is 1. The Bertz CT molecular complexity index is 2050. The highest BCUT2D eigenvalue weighted by molar-refractivity contribution is 6.35. The van der Waals surface area contributed by atoms with Crippen LogP contribution >= 0.6 is 12.4 Å². The number of nitrogens with zero attached hydrogens (tertiary/aromatic N) is 6. The van der Waals surface area contributed by atoms with Gasteiger partial charge in [0.15, 0.2) is 5.78 Å². The molecule has 2 saturated heterocycles. The number of likely N-dealkylation sites (tertiary alicyclic amines) is 1. The number of ether oxygens (including phenoxy) is 2. The summed E-state index contributed by atoms with van der Waals surface area (Å²) < 4.78 is 16.2. The second-order valence-corrected chi connectivity index (χ2v) is 13.8. The molecule has 0 spiro atoms. The summed E-state index contributed by atoms with van der Waals surface area (Å²) in [5, 5.41) is 0. The molecule has 2 aromatic carbocycles. The molecular formula is C36H41ClN6O8. The Hall–Kier alpha value is -4.95. The molecule has 51 heavy (non-hydrogen) atoms. The van der Waals surface area contributed by atoms with E-state index in [1.807, 2.05) is 19.9 Å². The lowest BCUT2D eigenvalue weighted by Gasteiger charge is -2.42. The molecular weight excluding hydrogens is 680 g/mol. The lowest BCUT2D eigenvalue weighted by Crippen LogP contribution is -2.55. The molecule has 0 saturated carbocycles. The van der Waals surface area contributed by atoms with Crippen molar-refractivity contribution in [3.8, 4) is 17.2 Å². The average Bonchev–Trinajstić information content (AvgIpc) is 3.36. The molecule has 0 radical (unpaired) electrons. The third-order valence-electron chi connectivity index (χ3n) is 10.3.